The Balaban J connectivity index is 0.00000248. The number of rotatable bonds is 11. The molecule has 1 aromatic heterocycles. The van der Waals surface area contributed by atoms with E-state index in [1.54, 1.807) is 0 Å². The van der Waals surface area contributed by atoms with E-state index in [0.717, 1.165) is 65.4 Å². The standard InChI is InChI=1S/C34H48N6O.C2H6.2H2/c1-7-26(22-39(5)6)28-19-32(37-21-28)33-24(3)17-31(29(33)20-35)38-30-18-27(12-11-23(2)25(30)4)34(41)36-13-16-40-14-9-8-10-15-40;1-2;;/h7,12,17-25,35,37-38H,1,8-11,13-16H2,2-6H3,(H,36,41);1-2H3;2*1H/b26-22+,35-20?;;;. The summed E-state index contributed by atoms with van der Waals surface area (Å²) in [5.74, 6) is 0.728. The average Bonchev–Trinajstić information content (AvgIpc) is 3.57. The van der Waals surface area contributed by atoms with Gasteiger partial charge in [-0.3, -0.25) is 4.79 Å². The summed E-state index contributed by atoms with van der Waals surface area (Å²) < 4.78 is 0. The minimum Gasteiger partial charge on any atom is -0.383 e. The number of allylic oxidation sites excluding steroid dienone is 7. The Morgan fingerprint density at radius 1 is 1.21 bits per heavy atom. The van der Waals surface area contributed by atoms with Crippen molar-refractivity contribution in [3.8, 4) is 0 Å². The van der Waals surface area contributed by atoms with Crippen LogP contribution in [0.25, 0.3) is 11.1 Å². The van der Waals surface area contributed by atoms with Crippen LogP contribution in [0.15, 0.2) is 71.9 Å². The smallest absolute Gasteiger partial charge is 0.251 e. The predicted octanol–water partition coefficient (Wildman–Crippen LogP) is 7.24. The second-order valence-corrected chi connectivity index (χ2v) is 11.9. The lowest BCUT2D eigenvalue weighted by Crippen LogP contribution is -2.38. The first-order valence-electron chi connectivity index (χ1n) is 16.1. The molecular weight excluding hydrogens is 532 g/mol. The van der Waals surface area contributed by atoms with E-state index in [1.807, 2.05) is 57.4 Å². The van der Waals surface area contributed by atoms with Crippen LogP contribution in [0.5, 0.6) is 0 Å². The number of carbonyl (C=O) groups excluding carboxylic acids is 1. The molecule has 0 aromatic carbocycles. The zero-order valence-electron chi connectivity index (χ0n) is 27.5. The summed E-state index contributed by atoms with van der Waals surface area (Å²) in [6.45, 7) is 18.4. The fourth-order valence-corrected chi connectivity index (χ4v) is 5.97. The fraction of sp³-hybridized carbons (Fsp3) is 0.500. The van der Waals surface area contributed by atoms with Crippen LogP contribution in [0.3, 0.4) is 0 Å². The van der Waals surface area contributed by atoms with Crippen LogP contribution in [0.2, 0.25) is 0 Å². The molecule has 0 saturated carbocycles. The molecule has 2 aliphatic carbocycles. The predicted molar refractivity (Wildman–Crippen MR) is 187 cm³/mol. The molecule has 2 heterocycles. The maximum Gasteiger partial charge on any atom is 0.251 e. The van der Waals surface area contributed by atoms with Crippen molar-refractivity contribution in [2.24, 2.45) is 17.8 Å². The highest BCUT2D eigenvalue weighted by atomic mass is 16.1. The van der Waals surface area contributed by atoms with Gasteiger partial charge in [0.1, 0.15) is 0 Å². The summed E-state index contributed by atoms with van der Waals surface area (Å²) in [7, 11) is 4.00. The summed E-state index contributed by atoms with van der Waals surface area (Å²) >= 11 is 0. The van der Waals surface area contributed by atoms with E-state index < -0.39 is 0 Å². The Hall–Kier alpha value is -3.58. The number of likely N-dealkylation sites (tertiary alicyclic amines) is 1. The SMILES string of the molecule is C=C/C(=C\N(C)C)c1c[nH]c(C2=C(C=N)C(NC3=CC(C(=O)NCCN4CCCCC4)=CCC(C)C3C)=CC2C)c1.CC.[HH].[HH]. The van der Waals surface area contributed by atoms with E-state index in [1.165, 1.54) is 25.5 Å². The molecule has 4 rings (SSSR count). The van der Waals surface area contributed by atoms with Gasteiger partial charge in [0.05, 0.1) is 0 Å². The molecule has 1 amide bonds. The number of nitrogens with zero attached hydrogens (tertiary/aromatic N) is 2. The number of H-pyrrole nitrogens is 1. The average molecular weight is 591 g/mol. The number of aromatic nitrogens is 1. The van der Waals surface area contributed by atoms with Gasteiger partial charge in [0, 0.05) is 88.4 Å². The van der Waals surface area contributed by atoms with E-state index >= 15 is 0 Å². The molecule has 4 N–H and O–H groups in total. The van der Waals surface area contributed by atoms with Gasteiger partial charge in [-0.05, 0) is 67.5 Å². The van der Waals surface area contributed by atoms with Crippen molar-refractivity contribution in [1.82, 2.24) is 25.4 Å². The Labute approximate surface area is 263 Å². The van der Waals surface area contributed by atoms with E-state index in [4.69, 9.17) is 5.41 Å². The van der Waals surface area contributed by atoms with Crippen LogP contribution in [0, 0.1) is 23.2 Å². The quantitative estimate of drug-likeness (QED) is 0.162. The zero-order valence-corrected chi connectivity index (χ0v) is 27.5. The summed E-state index contributed by atoms with van der Waals surface area (Å²) in [5, 5.41) is 15.1. The molecule has 0 radical (unpaired) electrons. The van der Waals surface area contributed by atoms with Gasteiger partial charge in [-0.1, -0.05) is 65.8 Å². The maximum absolute atomic E-state index is 13.2. The van der Waals surface area contributed by atoms with Gasteiger partial charge < -0.3 is 30.8 Å². The first-order valence-corrected chi connectivity index (χ1v) is 16.1. The van der Waals surface area contributed by atoms with Crippen molar-refractivity contribution in [2.75, 3.05) is 40.3 Å². The molecule has 1 saturated heterocycles. The maximum atomic E-state index is 13.2. The Kier molecular flexibility index (Phi) is 12.9. The van der Waals surface area contributed by atoms with E-state index in [-0.39, 0.29) is 20.6 Å². The largest absolute Gasteiger partial charge is 0.383 e. The summed E-state index contributed by atoms with van der Waals surface area (Å²) in [5.41, 5.74) is 7.69. The molecule has 3 aliphatic rings. The first-order chi connectivity index (χ1) is 20.7. The van der Waals surface area contributed by atoms with Gasteiger partial charge in [0.25, 0.3) is 5.91 Å². The van der Waals surface area contributed by atoms with Crippen LogP contribution in [0.1, 0.15) is 74.4 Å². The highest BCUT2D eigenvalue weighted by Crippen LogP contribution is 2.38. The van der Waals surface area contributed by atoms with Crippen molar-refractivity contribution in [3.63, 3.8) is 0 Å². The molecule has 7 heteroatoms. The van der Waals surface area contributed by atoms with Crippen LogP contribution in [-0.4, -0.2) is 67.2 Å². The van der Waals surface area contributed by atoms with E-state index in [2.05, 4.69) is 66.1 Å². The highest BCUT2D eigenvalue weighted by Gasteiger charge is 2.28. The summed E-state index contributed by atoms with van der Waals surface area (Å²) in [4.78, 5) is 21.1. The second-order valence-electron chi connectivity index (χ2n) is 11.9. The number of carbonyl (C=O) groups is 1. The van der Waals surface area contributed by atoms with Crippen molar-refractivity contribution in [1.29, 1.82) is 5.41 Å². The molecule has 1 aromatic rings. The van der Waals surface area contributed by atoms with Gasteiger partial charge in [-0.25, -0.2) is 0 Å². The van der Waals surface area contributed by atoms with Crippen molar-refractivity contribution in [2.45, 2.75) is 60.3 Å². The number of aromatic amines is 1. The lowest BCUT2D eigenvalue weighted by molar-refractivity contribution is -0.117. The minimum atomic E-state index is -0.0115. The molecule has 3 unspecified atom stereocenters. The third kappa shape index (κ3) is 8.73. The Bertz CT molecular complexity index is 1300. The second kappa shape index (κ2) is 16.3. The molecule has 0 bridgehead atoms. The van der Waals surface area contributed by atoms with Gasteiger partial charge in [0.2, 0.25) is 0 Å². The zero-order chi connectivity index (χ0) is 31.5. The summed E-state index contributed by atoms with van der Waals surface area (Å²) in [6.07, 6.45) is 18.3. The number of hydrogen-bond donors (Lipinski definition) is 4. The molecule has 1 fully saturated rings. The normalized spacial score (nSPS) is 22.8. The van der Waals surface area contributed by atoms with Crippen molar-refractivity contribution < 1.29 is 7.65 Å². The Morgan fingerprint density at radius 3 is 2.58 bits per heavy atom. The highest BCUT2D eigenvalue weighted by molar-refractivity contribution is 5.98. The topological polar surface area (TPSA) is 87.2 Å². The first kappa shape index (κ1) is 33.9. The monoisotopic (exact) mass is 590 g/mol. The number of hydrogen-bond acceptors (Lipinski definition) is 5. The van der Waals surface area contributed by atoms with E-state index in [0.29, 0.717) is 18.0 Å². The molecule has 1 aliphatic heterocycles. The summed E-state index contributed by atoms with van der Waals surface area (Å²) in [6, 6.07) is 2.13. The van der Waals surface area contributed by atoms with Crippen LogP contribution < -0.4 is 10.6 Å². The van der Waals surface area contributed by atoms with Gasteiger partial charge >= 0.3 is 0 Å². The molecule has 238 valence electrons. The van der Waals surface area contributed by atoms with E-state index in [9.17, 15) is 4.79 Å². The third-order valence-corrected chi connectivity index (χ3v) is 8.59. The van der Waals surface area contributed by atoms with Gasteiger partial charge in [-0.2, -0.15) is 0 Å². The molecule has 0 spiro atoms. The number of piperidine rings is 1. The number of amides is 1. The lowest BCUT2D eigenvalue weighted by atomic mass is 9.91. The lowest BCUT2D eigenvalue weighted by Gasteiger charge is -2.26. The molecule has 7 nitrogen and oxygen atoms in total. The fourth-order valence-electron chi connectivity index (χ4n) is 5.97. The van der Waals surface area contributed by atoms with Crippen molar-refractivity contribution >= 4 is 23.3 Å². The Morgan fingerprint density at radius 2 is 1.93 bits per heavy atom. The van der Waals surface area contributed by atoms with Crippen LogP contribution >= 0.6 is 0 Å². The molecular formula is C36H58N6O. The van der Waals surface area contributed by atoms with Gasteiger partial charge in [-0.15, -0.1) is 0 Å². The molecule has 43 heavy (non-hydrogen) atoms. The molecule has 3 atom stereocenters. The van der Waals surface area contributed by atoms with Gasteiger partial charge in [0.15, 0.2) is 0 Å². The third-order valence-electron chi connectivity index (χ3n) is 8.59. The number of nitrogens with one attached hydrogen (secondary N) is 4. The van der Waals surface area contributed by atoms with Crippen LogP contribution in [0.4, 0.5) is 0 Å². The van der Waals surface area contributed by atoms with Crippen LogP contribution in [-0.2, 0) is 4.79 Å². The van der Waals surface area contributed by atoms with Crippen molar-refractivity contribution in [3.05, 3.63) is 83.1 Å². The minimum absolute atomic E-state index is 0.